The molecule has 3 heteroatoms. The Labute approximate surface area is 155 Å². The zero-order chi connectivity index (χ0) is 18.0. The molecule has 1 aromatic carbocycles. The second kappa shape index (κ2) is 7.32. The van der Waals surface area contributed by atoms with E-state index in [9.17, 15) is 4.39 Å². The first-order valence-corrected chi connectivity index (χ1v) is 9.73. The lowest BCUT2D eigenvalue weighted by molar-refractivity contribution is 0.148. The van der Waals surface area contributed by atoms with Crippen LogP contribution in [0.5, 0.6) is 0 Å². The number of benzene rings is 1. The normalized spacial score (nSPS) is 33.4. The lowest BCUT2D eigenvalue weighted by atomic mass is 9.60. The van der Waals surface area contributed by atoms with Crippen LogP contribution < -0.4 is 5.32 Å². The number of nitrogens with one attached hydrogen (secondary N) is 1. The molecular formula is C23H27FN2. The minimum absolute atomic E-state index is 0.0381. The third-order valence-corrected chi connectivity index (χ3v) is 6.43. The van der Waals surface area contributed by atoms with E-state index >= 15 is 0 Å². The van der Waals surface area contributed by atoms with Crippen molar-refractivity contribution in [2.24, 2.45) is 22.2 Å². The van der Waals surface area contributed by atoms with E-state index in [4.69, 9.17) is 0 Å². The fraction of sp³-hybridized carbons (Fsp3) is 0.435. The molecule has 1 aromatic rings. The lowest BCUT2D eigenvalue weighted by Gasteiger charge is -2.45. The maximum absolute atomic E-state index is 13.9. The average Bonchev–Trinajstić information content (AvgIpc) is 2.68. The van der Waals surface area contributed by atoms with E-state index < -0.39 is 0 Å². The van der Waals surface area contributed by atoms with E-state index in [-0.39, 0.29) is 17.2 Å². The zero-order valence-corrected chi connectivity index (χ0v) is 15.4. The van der Waals surface area contributed by atoms with Gasteiger partial charge in [-0.1, -0.05) is 43.3 Å². The van der Waals surface area contributed by atoms with Crippen molar-refractivity contribution in [3.8, 4) is 0 Å². The third kappa shape index (κ3) is 3.45. The van der Waals surface area contributed by atoms with Crippen LogP contribution in [0.25, 0.3) is 0 Å². The molecule has 26 heavy (non-hydrogen) atoms. The molecule has 2 aliphatic carbocycles. The molecule has 1 saturated carbocycles. The van der Waals surface area contributed by atoms with Crippen LogP contribution >= 0.6 is 0 Å². The molecule has 0 amide bonds. The topological polar surface area (TPSA) is 24.4 Å². The summed E-state index contributed by atoms with van der Waals surface area (Å²) < 4.78 is 13.9. The van der Waals surface area contributed by atoms with Crippen LogP contribution in [-0.4, -0.2) is 11.8 Å². The van der Waals surface area contributed by atoms with Gasteiger partial charge >= 0.3 is 0 Å². The second-order valence-corrected chi connectivity index (χ2v) is 8.01. The molecule has 1 aliphatic heterocycles. The summed E-state index contributed by atoms with van der Waals surface area (Å²) in [7, 11) is 0. The summed E-state index contributed by atoms with van der Waals surface area (Å²) in [6.45, 7) is 3.22. The fourth-order valence-corrected chi connectivity index (χ4v) is 4.75. The Morgan fingerprint density at radius 1 is 1.12 bits per heavy atom. The minimum Gasteiger partial charge on any atom is -0.310 e. The molecule has 1 N–H and O–H groups in total. The Hall–Kier alpha value is -2.00. The summed E-state index contributed by atoms with van der Waals surface area (Å²) in [6.07, 6.45) is 14.0. The first-order valence-electron chi connectivity index (χ1n) is 9.73. The summed E-state index contributed by atoms with van der Waals surface area (Å²) in [5.74, 6) is 0.504. The van der Waals surface area contributed by atoms with Gasteiger partial charge in [-0.2, -0.15) is 0 Å². The summed E-state index contributed by atoms with van der Waals surface area (Å²) in [5, 5.41) is 3.71. The van der Waals surface area contributed by atoms with Crippen molar-refractivity contribution in [3.63, 3.8) is 0 Å². The smallest absolute Gasteiger partial charge is 0.120 e. The maximum Gasteiger partial charge on any atom is 0.120 e. The van der Waals surface area contributed by atoms with E-state index in [1.54, 1.807) is 6.08 Å². The Balaban J connectivity index is 1.37. The number of allylic oxidation sites excluding steroid dienone is 5. The molecule has 2 nitrogen and oxygen atoms in total. The molecule has 136 valence electrons. The van der Waals surface area contributed by atoms with Crippen molar-refractivity contribution in [2.45, 2.75) is 45.2 Å². The minimum atomic E-state index is -0.131. The zero-order valence-electron chi connectivity index (χ0n) is 15.4. The van der Waals surface area contributed by atoms with Crippen molar-refractivity contribution < 1.29 is 4.39 Å². The van der Waals surface area contributed by atoms with E-state index in [2.05, 4.69) is 53.6 Å². The van der Waals surface area contributed by atoms with Gasteiger partial charge in [0.1, 0.15) is 5.83 Å². The van der Waals surface area contributed by atoms with Gasteiger partial charge in [0, 0.05) is 35.8 Å². The van der Waals surface area contributed by atoms with Gasteiger partial charge in [0.15, 0.2) is 0 Å². The van der Waals surface area contributed by atoms with Gasteiger partial charge in [-0.25, -0.2) is 4.39 Å². The highest BCUT2D eigenvalue weighted by Gasteiger charge is 2.43. The molecule has 0 aromatic heterocycles. The van der Waals surface area contributed by atoms with Crippen molar-refractivity contribution in [3.05, 3.63) is 72.2 Å². The summed E-state index contributed by atoms with van der Waals surface area (Å²) in [5.41, 5.74) is 2.30. The Morgan fingerprint density at radius 2 is 1.88 bits per heavy atom. The molecule has 0 saturated heterocycles. The molecule has 2 atom stereocenters. The second-order valence-electron chi connectivity index (χ2n) is 8.01. The monoisotopic (exact) mass is 350 g/mol. The van der Waals surface area contributed by atoms with Crippen molar-refractivity contribution in [2.75, 3.05) is 0 Å². The molecule has 2 unspecified atom stereocenters. The van der Waals surface area contributed by atoms with Crippen LogP contribution in [-0.2, 0) is 6.54 Å². The highest BCUT2D eigenvalue weighted by Crippen LogP contribution is 2.48. The number of fused-ring (bicyclic) bond motifs is 1. The first kappa shape index (κ1) is 17.4. The number of nitrogens with zero attached hydrogens (tertiary/aromatic N) is 1. The van der Waals surface area contributed by atoms with Crippen LogP contribution in [0.2, 0.25) is 0 Å². The van der Waals surface area contributed by atoms with Crippen molar-refractivity contribution >= 4 is 5.71 Å². The van der Waals surface area contributed by atoms with Crippen LogP contribution in [0, 0.1) is 17.3 Å². The third-order valence-electron chi connectivity index (χ3n) is 6.43. The number of aliphatic imine (C=N–C) groups is 1. The van der Waals surface area contributed by atoms with Crippen LogP contribution in [0.15, 0.2) is 71.7 Å². The number of rotatable bonds is 4. The highest BCUT2D eigenvalue weighted by molar-refractivity contribution is 6.01. The lowest BCUT2D eigenvalue weighted by Crippen LogP contribution is -2.43. The van der Waals surface area contributed by atoms with E-state index in [1.165, 1.54) is 37.3 Å². The number of hydrogen-bond donors (Lipinski definition) is 1. The highest BCUT2D eigenvalue weighted by atomic mass is 19.1. The van der Waals surface area contributed by atoms with Crippen LogP contribution in [0.3, 0.4) is 0 Å². The SMILES string of the molecule is CC1(C2CCC(NCc3ccccc3)CC2)C=CN=C2C=CC(F)=CC21. The molecule has 3 aliphatic rings. The van der Waals surface area contributed by atoms with E-state index in [1.807, 2.05) is 12.3 Å². The van der Waals surface area contributed by atoms with Gasteiger partial charge in [-0.05, 0) is 55.4 Å². The van der Waals surface area contributed by atoms with Gasteiger partial charge in [0.25, 0.3) is 0 Å². The van der Waals surface area contributed by atoms with Gasteiger partial charge in [-0.3, -0.25) is 4.99 Å². The predicted octanol–water partition coefficient (Wildman–Crippen LogP) is 5.35. The summed E-state index contributed by atoms with van der Waals surface area (Å²) >= 11 is 0. The van der Waals surface area contributed by atoms with E-state index in [0.717, 1.165) is 12.3 Å². The van der Waals surface area contributed by atoms with Gasteiger partial charge in [0.05, 0.1) is 0 Å². The molecule has 1 fully saturated rings. The summed E-state index contributed by atoms with van der Waals surface area (Å²) in [4.78, 5) is 4.48. The standard InChI is InChI=1S/C23H27FN2/c1-23(13-14-25-22-12-9-19(24)15-21(22)23)18-7-10-20(11-8-18)26-16-17-5-3-2-4-6-17/h2-6,9,12-15,18,20-21,26H,7-8,10-11,16H2,1H3. The van der Waals surface area contributed by atoms with Gasteiger partial charge in [0.2, 0.25) is 0 Å². The molecule has 4 rings (SSSR count). The quantitative estimate of drug-likeness (QED) is 0.778. The van der Waals surface area contributed by atoms with Crippen molar-refractivity contribution in [1.82, 2.24) is 5.32 Å². The van der Waals surface area contributed by atoms with Crippen LogP contribution in [0.4, 0.5) is 4.39 Å². The summed E-state index contributed by atoms with van der Waals surface area (Å²) in [6, 6.07) is 11.2. The first-order chi connectivity index (χ1) is 12.6. The molecule has 0 spiro atoms. The Kier molecular flexibility index (Phi) is 4.90. The fourth-order valence-electron chi connectivity index (χ4n) is 4.75. The number of hydrogen-bond acceptors (Lipinski definition) is 2. The van der Waals surface area contributed by atoms with Crippen LogP contribution in [0.1, 0.15) is 38.2 Å². The number of halogens is 1. The maximum atomic E-state index is 13.9. The molecular weight excluding hydrogens is 323 g/mol. The van der Waals surface area contributed by atoms with Gasteiger partial charge < -0.3 is 5.32 Å². The van der Waals surface area contributed by atoms with E-state index in [0.29, 0.717) is 12.0 Å². The predicted molar refractivity (Wildman–Crippen MR) is 106 cm³/mol. The Bertz CT molecular complexity index is 754. The molecule has 0 bridgehead atoms. The Morgan fingerprint density at radius 3 is 2.65 bits per heavy atom. The van der Waals surface area contributed by atoms with Crippen molar-refractivity contribution in [1.29, 1.82) is 0 Å². The average molecular weight is 350 g/mol. The molecule has 1 heterocycles. The van der Waals surface area contributed by atoms with Gasteiger partial charge in [-0.15, -0.1) is 0 Å². The molecule has 0 radical (unpaired) electrons. The largest absolute Gasteiger partial charge is 0.310 e.